The molecule has 0 fully saturated rings. The minimum absolute atomic E-state index is 0.932. The number of thiophene rings is 1. The van der Waals surface area contributed by atoms with Crippen molar-refractivity contribution in [2.24, 2.45) is 0 Å². The summed E-state index contributed by atoms with van der Waals surface area (Å²) in [5.74, 6) is 0. The lowest BCUT2D eigenvalue weighted by Gasteiger charge is -2.06. The van der Waals surface area contributed by atoms with Crippen molar-refractivity contribution < 1.29 is 0 Å². The highest BCUT2D eigenvalue weighted by molar-refractivity contribution is 9.10. The molecule has 0 saturated carbocycles. The van der Waals surface area contributed by atoms with Gasteiger partial charge in [-0.2, -0.15) is 0 Å². The molecule has 17 heavy (non-hydrogen) atoms. The highest BCUT2D eigenvalue weighted by Crippen LogP contribution is 2.26. The summed E-state index contributed by atoms with van der Waals surface area (Å²) >= 11 is 5.39. The molecule has 2 rings (SSSR count). The molecule has 0 aliphatic carbocycles. The molecule has 0 radical (unpaired) electrons. The van der Waals surface area contributed by atoms with Crippen molar-refractivity contribution in [3.8, 4) is 0 Å². The van der Waals surface area contributed by atoms with Crippen LogP contribution in [0.3, 0.4) is 0 Å². The first-order chi connectivity index (χ1) is 8.16. The van der Waals surface area contributed by atoms with Gasteiger partial charge in [0.1, 0.15) is 0 Å². The molecule has 2 aromatic rings. The second kappa shape index (κ2) is 5.80. The van der Waals surface area contributed by atoms with Crippen LogP contribution in [0.1, 0.15) is 20.9 Å². The topological polar surface area (TPSA) is 12.0 Å². The predicted octanol–water partition coefficient (Wildman–Crippen LogP) is 4.42. The van der Waals surface area contributed by atoms with Crippen LogP contribution < -0.4 is 5.32 Å². The van der Waals surface area contributed by atoms with Gasteiger partial charge in [-0.3, -0.25) is 0 Å². The molecule has 0 amide bonds. The van der Waals surface area contributed by atoms with Crippen LogP contribution in [-0.2, 0) is 13.1 Å². The molecule has 3 heteroatoms. The van der Waals surface area contributed by atoms with Gasteiger partial charge < -0.3 is 5.32 Å². The molecule has 0 aliphatic rings. The summed E-state index contributed by atoms with van der Waals surface area (Å²) in [5, 5.41) is 3.49. The van der Waals surface area contributed by atoms with Crippen LogP contribution in [-0.4, -0.2) is 0 Å². The maximum Gasteiger partial charge on any atom is 0.0314 e. The van der Waals surface area contributed by atoms with Crippen molar-refractivity contribution >= 4 is 27.3 Å². The fourth-order valence-electron chi connectivity index (χ4n) is 1.73. The normalized spacial score (nSPS) is 10.8. The number of hydrogen-bond donors (Lipinski definition) is 1. The van der Waals surface area contributed by atoms with Crippen molar-refractivity contribution in [3.63, 3.8) is 0 Å². The summed E-state index contributed by atoms with van der Waals surface area (Å²) in [5.41, 5.74) is 2.73. The van der Waals surface area contributed by atoms with Gasteiger partial charge in [-0.1, -0.05) is 24.3 Å². The Kier molecular flexibility index (Phi) is 4.37. The highest BCUT2D eigenvalue weighted by Gasteiger charge is 2.02. The Morgan fingerprint density at radius 1 is 1.18 bits per heavy atom. The molecule has 90 valence electrons. The van der Waals surface area contributed by atoms with E-state index in [-0.39, 0.29) is 0 Å². The third-order valence-electron chi connectivity index (χ3n) is 2.78. The molecule has 1 nitrogen and oxygen atoms in total. The van der Waals surface area contributed by atoms with Crippen LogP contribution in [0.4, 0.5) is 0 Å². The summed E-state index contributed by atoms with van der Waals surface area (Å²) in [4.78, 5) is 2.72. The fraction of sp³-hybridized carbons (Fsp3) is 0.286. The van der Waals surface area contributed by atoms with Gasteiger partial charge in [0.15, 0.2) is 0 Å². The van der Waals surface area contributed by atoms with E-state index in [9.17, 15) is 0 Å². The van der Waals surface area contributed by atoms with Crippen molar-refractivity contribution in [2.75, 3.05) is 0 Å². The van der Waals surface area contributed by atoms with Crippen LogP contribution in [0, 0.1) is 13.8 Å². The highest BCUT2D eigenvalue weighted by atomic mass is 79.9. The van der Waals surface area contributed by atoms with Crippen molar-refractivity contribution in [3.05, 3.63) is 55.7 Å². The maximum atomic E-state index is 3.55. The molecule has 0 unspecified atom stereocenters. The van der Waals surface area contributed by atoms with E-state index in [1.54, 1.807) is 0 Å². The smallest absolute Gasteiger partial charge is 0.0314 e. The molecule has 0 spiro atoms. The van der Waals surface area contributed by atoms with E-state index in [0.29, 0.717) is 0 Å². The van der Waals surface area contributed by atoms with Crippen molar-refractivity contribution in [1.29, 1.82) is 0 Å². The summed E-state index contributed by atoms with van der Waals surface area (Å²) in [6.45, 7) is 6.16. The van der Waals surface area contributed by atoms with E-state index >= 15 is 0 Å². The van der Waals surface area contributed by atoms with Crippen molar-refractivity contribution in [1.82, 2.24) is 5.32 Å². The molecular formula is C14H16BrNS. The van der Waals surface area contributed by atoms with E-state index in [0.717, 1.165) is 13.1 Å². The Hall–Kier alpha value is -0.640. The Labute approximate surface area is 115 Å². The third kappa shape index (κ3) is 3.41. The number of hydrogen-bond acceptors (Lipinski definition) is 2. The van der Waals surface area contributed by atoms with Crippen LogP contribution in [0.15, 0.2) is 34.8 Å². The maximum absolute atomic E-state index is 3.55. The lowest BCUT2D eigenvalue weighted by atomic mass is 10.1. The summed E-state index contributed by atoms with van der Waals surface area (Å²) in [6.07, 6.45) is 0. The average Bonchev–Trinajstić information content (AvgIpc) is 2.61. The number of aryl methyl sites for hydroxylation is 2. The van der Waals surface area contributed by atoms with Gasteiger partial charge in [0.05, 0.1) is 0 Å². The number of nitrogens with one attached hydrogen (secondary N) is 1. The second-order valence-corrected chi connectivity index (χ2v) is 6.34. The number of benzene rings is 1. The third-order valence-corrected chi connectivity index (χ3v) is 4.92. The molecular weight excluding hydrogens is 294 g/mol. The minimum atomic E-state index is 0.932. The van der Waals surface area contributed by atoms with E-state index in [1.165, 1.54) is 25.4 Å². The molecule has 0 saturated heterocycles. The molecule has 1 aromatic heterocycles. The zero-order valence-corrected chi connectivity index (χ0v) is 12.5. The number of rotatable bonds is 4. The summed E-state index contributed by atoms with van der Waals surface area (Å²) in [6, 6.07) is 10.7. The average molecular weight is 310 g/mol. The summed E-state index contributed by atoms with van der Waals surface area (Å²) < 4.78 is 1.22. The molecule has 1 N–H and O–H groups in total. The first kappa shape index (κ1) is 12.8. The van der Waals surface area contributed by atoms with Gasteiger partial charge in [-0.25, -0.2) is 0 Å². The zero-order chi connectivity index (χ0) is 12.3. The van der Waals surface area contributed by atoms with E-state index < -0.39 is 0 Å². The van der Waals surface area contributed by atoms with E-state index in [4.69, 9.17) is 0 Å². The van der Waals surface area contributed by atoms with Gasteiger partial charge in [0.25, 0.3) is 0 Å². The van der Waals surface area contributed by atoms with Gasteiger partial charge in [-0.05, 0) is 47.0 Å². The van der Waals surface area contributed by atoms with Crippen LogP contribution in [0.25, 0.3) is 0 Å². The lowest BCUT2D eigenvalue weighted by molar-refractivity contribution is 0.698. The SMILES string of the molecule is Cc1ccccc1CNCc1cc(Br)c(C)s1. The van der Waals surface area contributed by atoms with Crippen molar-refractivity contribution in [2.45, 2.75) is 26.9 Å². The molecule has 0 bridgehead atoms. The molecule has 0 atom stereocenters. The first-order valence-corrected chi connectivity index (χ1v) is 7.28. The van der Waals surface area contributed by atoms with E-state index in [1.807, 2.05) is 11.3 Å². The van der Waals surface area contributed by atoms with Crippen LogP contribution in [0.2, 0.25) is 0 Å². The molecule has 0 aliphatic heterocycles. The van der Waals surface area contributed by atoms with Gasteiger partial charge in [0, 0.05) is 27.3 Å². The Balaban J connectivity index is 1.90. The Morgan fingerprint density at radius 3 is 2.59 bits per heavy atom. The predicted molar refractivity (Wildman–Crippen MR) is 78.5 cm³/mol. The standard InChI is InChI=1S/C14H16BrNS/c1-10-5-3-4-6-12(10)8-16-9-13-7-14(15)11(2)17-13/h3-7,16H,8-9H2,1-2H3. The van der Waals surface area contributed by atoms with Gasteiger partial charge >= 0.3 is 0 Å². The van der Waals surface area contributed by atoms with Gasteiger partial charge in [-0.15, -0.1) is 11.3 Å². The number of halogens is 1. The fourth-order valence-corrected chi connectivity index (χ4v) is 3.31. The first-order valence-electron chi connectivity index (χ1n) is 5.67. The lowest BCUT2D eigenvalue weighted by Crippen LogP contribution is -2.12. The zero-order valence-electron chi connectivity index (χ0n) is 10.1. The van der Waals surface area contributed by atoms with E-state index in [2.05, 4.69) is 65.4 Å². The molecule has 1 aromatic carbocycles. The minimum Gasteiger partial charge on any atom is -0.308 e. The quantitative estimate of drug-likeness (QED) is 0.881. The largest absolute Gasteiger partial charge is 0.308 e. The molecule has 1 heterocycles. The van der Waals surface area contributed by atoms with Gasteiger partial charge in [0.2, 0.25) is 0 Å². The Bertz CT molecular complexity index is 485. The second-order valence-electron chi connectivity index (χ2n) is 4.15. The summed E-state index contributed by atoms with van der Waals surface area (Å²) in [7, 11) is 0. The van der Waals surface area contributed by atoms with Crippen LogP contribution >= 0.6 is 27.3 Å². The Morgan fingerprint density at radius 2 is 1.94 bits per heavy atom. The van der Waals surface area contributed by atoms with Crippen LogP contribution in [0.5, 0.6) is 0 Å². The monoisotopic (exact) mass is 309 g/mol.